The Bertz CT molecular complexity index is 849. The van der Waals surface area contributed by atoms with E-state index < -0.39 is 24.3 Å². The average molecular weight is 382 g/mol. The molecule has 0 saturated carbocycles. The highest BCUT2D eigenvalue weighted by molar-refractivity contribution is 5.48. The predicted molar refractivity (Wildman–Crippen MR) is 95.0 cm³/mol. The molecule has 0 spiro atoms. The quantitative estimate of drug-likeness (QED) is 0.787. The number of alkyl halides is 2. The summed E-state index contributed by atoms with van der Waals surface area (Å²) in [5.74, 6) is -0.171. The van der Waals surface area contributed by atoms with Crippen molar-refractivity contribution in [2.75, 3.05) is 36.0 Å². The molecule has 0 unspecified atom stereocenters. The van der Waals surface area contributed by atoms with Crippen LogP contribution in [0.3, 0.4) is 0 Å². The molecule has 0 atom stereocenters. The second-order valence-corrected chi connectivity index (χ2v) is 6.65. The van der Waals surface area contributed by atoms with Gasteiger partial charge in [0, 0.05) is 32.2 Å². The minimum absolute atomic E-state index is 0.0427. The molecule has 2 aromatic rings. The summed E-state index contributed by atoms with van der Waals surface area (Å²) in [5.41, 5.74) is 0.379. The zero-order chi connectivity index (χ0) is 19.6. The fourth-order valence-corrected chi connectivity index (χ4v) is 3.04. The van der Waals surface area contributed by atoms with Crippen molar-refractivity contribution < 1.29 is 13.2 Å². The SMILES string of the molecule is CC(C)c1ncnc(N2CCN(c3cnn(CC(F)F)c(=O)c3)CC2)c1F. The standard InChI is InChI=1S/C17H21F3N6O/c1-11(2)16-15(20)17(22-10-21-16)25-5-3-24(4-6-25)12-7-14(27)26(23-8-12)9-13(18)19/h7-8,10-11,13H,3-6,9H2,1-2H3. The highest BCUT2D eigenvalue weighted by Gasteiger charge is 2.24. The zero-order valence-corrected chi connectivity index (χ0v) is 15.1. The van der Waals surface area contributed by atoms with Gasteiger partial charge in [0.25, 0.3) is 12.0 Å². The summed E-state index contributed by atoms with van der Waals surface area (Å²) < 4.78 is 40.2. The number of nitrogens with zero attached hydrogens (tertiary/aromatic N) is 6. The van der Waals surface area contributed by atoms with Crippen LogP contribution in [0.2, 0.25) is 0 Å². The second kappa shape index (κ2) is 7.93. The maximum absolute atomic E-state index is 14.6. The summed E-state index contributed by atoms with van der Waals surface area (Å²) in [6, 6.07) is 1.30. The third kappa shape index (κ3) is 4.20. The largest absolute Gasteiger partial charge is 0.367 e. The van der Waals surface area contributed by atoms with Crippen molar-refractivity contribution in [2.24, 2.45) is 0 Å². The van der Waals surface area contributed by atoms with Crippen LogP contribution in [0.5, 0.6) is 0 Å². The molecule has 3 rings (SSSR count). The van der Waals surface area contributed by atoms with Crippen LogP contribution in [-0.4, -0.2) is 52.4 Å². The van der Waals surface area contributed by atoms with E-state index in [1.54, 1.807) is 0 Å². The van der Waals surface area contributed by atoms with Crippen molar-refractivity contribution in [2.45, 2.75) is 32.7 Å². The van der Waals surface area contributed by atoms with Gasteiger partial charge in [-0.2, -0.15) is 5.10 Å². The first-order valence-electron chi connectivity index (χ1n) is 8.72. The minimum atomic E-state index is -2.64. The molecule has 1 aliphatic heterocycles. The van der Waals surface area contributed by atoms with Crippen molar-refractivity contribution in [3.63, 3.8) is 0 Å². The summed E-state index contributed by atoms with van der Waals surface area (Å²) in [7, 11) is 0. The highest BCUT2D eigenvalue weighted by Crippen LogP contribution is 2.24. The molecule has 0 aliphatic carbocycles. The van der Waals surface area contributed by atoms with E-state index in [1.807, 2.05) is 23.6 Å². The van der Waals surface area contributed by atoms with Gasteiger partial charge in [0.2, 0.25) is 0 Å². The van der Waals surface area contributed by atoms with E-state index in [-0.39, 0.29) is 11.7 Å². The number of hydrogen-bond acceptors (Lipinski definition) is 6. The van der Waals surface area contributed by atoms with E-state index >= 15 is 0 Å². The Labute approximate surface area is 154 Å². The van der Waals surface area contributed by atoms with Gasteiger partial charge in [0.15, 0.2) is 11.6 Å². The van der Waals surface area contributed by atoms with Gasteiger partial charge in [0.05, 0.1) is 17.6 Å². The van der Waals surface area contributed by atoms with E-state index in [1.165, 1.54) is 18.6 Å². The predicted octanol–water partition coefficient (Wildman–Crippen LogP) is 1.89. The van der Waals surface area contributed by atoms with E-state index in [0.717, 1.165) is 4.68 Å². The van der Waals surface area contributed by atoms with E-state index in [9.17, 15) is 18.0 Å². The van der Waals surface area contributed by atoms with Gasteiger partial charge in [-0.05, 0) is 5.92 Å². The third-order valence-corrected chi connectivity index (χ3v) is 4.46. The smallest absolute Gasteiger partial charge is 0.269 e. The fraction of sp³-hybridized carbons (Fsp3) is 0.529. The first-order valence-corrected chi connectivity index (χ1v) is 8.72. The Hall–Kier alpha value is -2.65. The molecule has 7 nitrogen and oxygen atoms in total. The Morgan fingerprint density at radius 2 is 1.78 bits per heavy atom. The second-order valence-electron chi connectivity index (χ2n) is 6.65. The van der Waals surface area contributed by atoms with Crippen molar-refractivity contribution in [3.8, 4) is 0 Å². The van der Waals surface area contributed by atoms with Crippen LogP contribution in [0.1, 0.15) is 25.5 Å². The third-order valence-electron chi connectivity index (χ3n) is 4.46. The molecule has 0 amide bonds. The molecule has 0 radical (unpaired) electrons. The van der Waals surface area contributed by atoms with Gasteiger partial charge in [-0.1, -0.05) is 13.8 Å². The molecule has 1 saturated heterocycles. The van der Waals surface area contributed by atoms with Crippen molar-refractivity contribution >= 4 is 11.5 Å². The Morgan fingerprint density at radius 3 is 2.37 bits per heavy atom. The lowest BCUT2D eigenvalue weighted by atomic mass is 10.1. The lowest BCUT2D eigenvalue weighted by molar-refractivity contribution is 0.119. The van der Waals surface area contributed by atoms with E-state index in [0.29, 0.717) is 37.6 Å². The monoisotopic (exact) mass is 382 g/mol. The molecule has 0 aromatic carbocycles. The molecular formula is C17H21F3N6O. The Balaban J connectivity index is 1.70. The number of aromatic nitrogens is 4. The van der Waals surface area contributed by atoms with Gasteiger partial charge in [-0.15, -0.1) is 0 Å². The van der Waals surface area contributed by atoms with Crippen LogP contribution in [0.25, 0.3) is 0 Å². The zero-order valence-electron chi connectivity index (χ0n) is 15.1. The van der Waals surface area contributed by atoms with E-state index in [4.69, 9.17) is 0 Å². The normalized spacial score (nSPS) is 15.1. The lowest BCUT2D eigenvalue weighted by Crippen LogP contribution is -2.47. The average Bonchev–Trinajstić information content (AvgIpc) is 2.63. The summed E-state index contributed by atoms with van der Waals surface area (Å²) in [6.07, 6.45) is 0.136. The first kappa shape index (κ1) is 19.1. The van der Waals surface area contributed by atoms with Gasteiger partial charge in [-0.3, -0.25) is 4.79 Å². The number of rotatable bonds is 5. The fourth-order valence-electron chi connectivity index (χ4n) is 3.04. The van der Waals surface area contributed by atoms with Gasteiger partial charge in [-0.25, -0.2) is 27.8 Å². The van der Waals surface area contributed by atoms with Crippen molar-refractivity contribution in [1.82, 2.24) is 19.7 Å². The molecule has 146 valence electrons. The van der Waals surface area contributed by atoms with Crippen LogP contribution in [0.4, 0.5) is 24.7 Å². The summed E-state index contributed by atoms with van der Waals surface area (Å²) in [5, 5.41) is 3.80. The molecule has 1 fully saturated rings. The maximum Gasteiger partial charge on any atom is 0.269 e. The van der Waals surface area contributed by atoms with Gasteiger partial charge >= 0.3 is 0 Å². The minimum Gasteiger partial charge on any atom is -0.367 e. The van der Waals surface area contributed by atoms with Crippen LogP contribution in [0, 0.1) is 5.82 Å². The molecule has 0 bridgehead atoms. The molecular weight excluding hydrogens is 361 g/mol. The molecule has 27 heavy (non-hydrogen) atoms. The van der Waals surface area contributed by atoms with Crippen molar-refractivity contribution in [1.29, 1.82) is 0 Å². The summed E-state index contributed by atoms with van der Waals surface area (Å²) in [6.45, 7) is 5.09. The maximum atomic E-state index is 14.6. The molecule has 2 aromatic heterocycles. The summed E-state index contributed by atoms with van der Waals surface area (Å²) >= 11 is 0. The summed E-state index contributed by atoms with van der Waals surface area (Å²) in [4.78, 5) is 23.8. The topological polar surface area (TPSA) is 67.2 Å². The first-order chi connectivity index (χ1) is 12.9. The van der Waals surface area contributed by atoms with Crippen LogP contribution >= 0.6 is 0 Å². The Morgan fingerprint density at radius 1 is 1.11 bits per heavy atom. The van der Waals surface area contributed by atoms with Gasteiger partial charge < -0.3 is 9.80 Å². The van der Waals surface area contributed by atoms with Crippen molar-refractivity contribution in [3.05, 3.63) is 40.5 Å². The Kier molecular flexibility index (Phi) is 5.62. The highest BCUT2D eigenvalue weighted by atomic mass is 19.3. The lowest BCUT2D eigenvalue weighted by Gasteiger charge is -2.36. The van der Waals surface area contributed by atoms with E-state index in [2.05, 4.69) is 15.1 Å². The molecule has 1 aliphatic rings. The van der Waals surface area contributed by atoms with Crippen LogP contribution in [-0.2, 0) is 6.54 Å². The molecule has 3 heterocycles. The van der Waals surface area contributed by atoms with Crippen LogP contribution in [0.15, 0.2) is 23.4 Å². The number of piperazine rings is 1. The number of halogens is 3. The van der Waals surface area contributed by atoms with Gasteiger partial charge in [0.1, 0.15) is 12.9 Å². The molecule has 0 N–H and O–H groups in total. The number of anilines is 2. The number of hydrogen-bond donors (Lipinski definition) is 0. The molecule has 10 heteroatoms. The van der Waals surface area contributed by atoms with Crippen LogP contribution < -0.4 is 15.4 Å².